The van der Waals surface area contributed by atoms with Crippen LogP contribution in [0.3, 0.4) is 0 Å². The van der Waals surface area contributed by atoms with Gasteiger partial charge in [0.15, 0.2) is 0 Å². The molecule has 1 saturated heterocycles. The van der Waals surface area contributed by atoms with Gasteiger partial charge in [-0.1, -0.05) is 6.07 Å². The number of likely N-dealkylation sites (N-methyl/N-ethyl adjacent to an activating group) is 1. The number of carboxylic acid groups (broad SMARTS) is 1. The molecule has 6 heteroatoms. The van der Waals surface area contributed by atoms with Gasteiger partial charge in [0.05, 0.1) is 12.5 Å². The number of aryl methyl sites for hydroxylation is 2. The maximum absolute atomic E-state index is 12.5. The number of likely N-dealkylation sites (tertiary alicyclic amines) is 1. The lowest BCUT2D eigenvalue weighted by atomic mass is 9.98. The van der Waals surface area contributed by atoms with E-state index in [4.69, 9.17) is 5.11 Å². The van der Waals surface area contributed by atoms with Crippen LogP contribution in [0.5, 0.6) is 0 Å². The van der Waals surface area contributed by atoms with Crippen molar-refractivity contribution in [3.05, 3.63) is 34.9 Å². The van der Waals surface area contributed by atoms with E-state index >= 15 is 0 Å². The number of hydrogen-bond donors (Lipinski definition) is 1. The maximum Gasteiger partial charge on any atom is 0.308 e. The summed E-state index contributed by atoms with van der Waals surface area (Å²) < 4.78 is 0. The number of carboxylic acids is 1. The highest BCUT2D eigenvalue weighted by Gasteiger charge is 2.29. The number of aliphatic carboxylic acids is 1. The molecule has 1 heterocycles. The fourth-order valence-corrected chi connectivity index (χ4v) is 2.87. The van der Waals surface area contributed by atoms with Gasteiger partial charge in [-0.15, -0.1) is 0 Å². The standard InChI is InChI=1S/C18H24N2O4/c1-12-6-7-14(9-13(12)2)17(22)19(3)11-16(21)20-8-4-5-15(10-20)18(23)24/h6-7,9,15H,4-5,8,10-11H2,1-3H3,(H,23,24). The summed E-state index contributed by atoms with van der Waals surface area (Å²) >= 11 is 0. The molecule has 1 atom stereocenters. The van der Waals surface area contributed by atoms with Crippen LogP contribution in [-0.4, -0.2) is 59.4 Å². The summed E-state index contributed by atoms with van der Waals surface area (Å²) in [7, 11) is 1.59. The Labute approximate surface area is 142 Å². The molecule has 1 fully saturated rings. The van der Waals surface area contributed by atoms with E-state index in [9.17, 15) is 14.4 Å². The minimum atomic E-state index is -0.868. The molecule has 0 aromatic heterocycles. The Morgan fingerprint density at radius 2 is 1.96 bits per heavy atom. The highest BCUT2D eigenvalue weighted by molar-refractivity contribution is 5.96. The molecule has 2 rings (SSSR count). The van der Waals surface area contributed by atoms with Crippen LogP contribution < -0.4 is 0 Å². The van der Waals surface area contributed by atoms with Crippen molar-refractivity contribution in [3.8, 4) is 0 Å². The third-order valence-electron chi connectivity index (χ3n) is 4.60. The molecule has 1 aliphatic rings. The number of piperidine rings is 1. The topological polar surface area (TPSA) is 77.9 Å². The first-order chi connectivity index (χ1) is 11.3. The lowest BCUT2D eigenvalue weighted by Crippen LogP contribution is -2.46. The Morgan fingerprint density at radius 1 is 1.25 bits per heavy atom. The minimum Gasteiger partial charge on any atom is -0.481 e. The lowest BCUT2D eigenvalue weighted by Gasteiger charge is -2.32. The first-order valence-electron chi connectivity index (χ1n) is 8.13. The molecule has 24 heavy (non-hydrogen) atoms. The molecule has 0 saturated carbocycles. The highest BCUT2D eigenvalue weighted by atomic mass is 16.4. The van der Waals surface area contributed by atoms with E-state index in [0.29, 0.717) is 24.9 Å². The van der Waals surface area contributed by atoms with Crippen molar-refractivity contribution < 1.29 is 19.5 Å². The molecule has 0 radical (unpaired) electrons. The van der Waals surface area contributed by atoms with E-state index in [1.807, 2.05) is 26.0 Å². The van der Waals surface area contributed by atoms with Gasteiger partial charge in [-0.25, -0.2) is 0 Å². The second-order valence-corrected chi connectivity index (χ2v) is 6.48. The Balaban J connectivity index is 1.98. The number of rotatable bonds is 4. The van der Waals surface area contributed by atoms with Gasteiger partial charge in [-0.3, -0.25) is 14.4 Å². The zero-order chi connectivity index (χ0) is 17.9. The molecule has 130 valence electrons. The third kappa shape index (κ3) is 4.13. The minimum absolute atomic E-state index is 0.0436. The average Bonchev–Trinajstić information content (AvgIpc) is 2.56. The van der Waals surface area contributed by atoms with Crippen molar-refractivity contribution in [2.75, 3.05) is 26.7 Å². The molecule has 2 amide bonds. The number of benzene rings is 1. The number of hydrogen-bond acceptors (Lipinski definition) is 3. The number of carbonyl (C=O) groups is 3. The van der Waals surface area contributed by atoms with Crippen LogP contribution in [0, 0.1) is 19.8 Å². The van der Waals surface area contributed by atoms with Gasteiger partial charge < -0.3 is 14.9 Å². The van der Waals surface area contributed by atoms with E-state index in [1.54, 1.807) is 18.0 Å². The van der Waals surface area contributed by atoms with Crippen molar-refractivity contribution in [1.29, 1.82) is 0 Å². The van der Waals surface area contributed by atoms with Crippen LogP contribution in [-0.2, 0) is 9.59 Å². The van der Waals surface area contributed by atoms with Gasteiger partial charge >= 0.3 is 5.97 Å². The van der Waals surface area contributed by atoms with Crippen molar-refractivity contribution in [2.24, 2.45) is 5.92 Å². The van der Waals surface area contributed by atoms with Crippen LogP contribution in [0.1, 0.15) is 34.3 Å². The predicted molar refractivity (Wildman–Crippen MR) is 89.8 cm³/mol. The normalized spacial score (nSPS) is 17.5. The zero-order valence-corrected chi connectivity index (χ0v) is 14.4. The molecule has 0 aliphatic carbocycles. The Hall–Kier alpha value is -2.37. The van der Waals surface area contributed by atoms with Crippen molar-refractivity contribution in [2.45, 2.75) is 26.7 Å². The molecular formula is C18H24N2O4. The van der Waals surface area contributed by atoms with Gasteiger partial charge in [-0.05, 0) is 49.9 Å². The first kappa shape index (κ1) is 18.0. The van der Waals surface area contributed by atoms with E-state index in [1.165, 1.54) is 4.90 Å². The Kier molecular flexibility index (Phi) is 5.59. The van der Waals surface area contributed by atoms with E-state index in [-0.39, 0.29) is 24.9 Å². The number of nitrogens with zero attached hydrogens (tertiary/aromatic N) is 2. The summed E-state index contributed by atoms with van der Waals surface area (Å²) in [5.74, 6) is -1.80. The molecule has 1 N–H and O–H groups in total. The lowest BCUT2D eigenvalue weighted by molar-refractivity contribution is -0.145. The summed E-state index contributed by atoms with van der Waals surface area (Å²) in [4.78, 5) is 38.9. The second kappa shape index (κ2) is 7.47. The molecule has 0 bridgehead atoms. The molecule has 6 nitrogen and oxygen atoms in total. The van der Waals surface area contributed by atoms with Crippen LogP contribution in [0.2, 0.25) is 0 Å². The third-order valence-corrected chi connectivity index (χ3v) is 4.60. The SMILES string of the molecule is Cc1ccc(C(=O)N(C)CC(=O)N2CCCC(C(=O)O)C2)cc1C. The summed E-state index contributed by atoms with van der Waals surface area (Å²) in [5.41, 5.74) is 2.69. The van der Waals surface area contributed by atoms with Crippen molar-refractivity contribution in [3.63, 3.8) is 0 Å². The molecule has 1 unspecified atom stereocenters. The fraction of sp³-hybridized carbons (Fsp3) is 0.500. The molecular weight excluding hydrogens is 308 g/mol. The van der Waals surface area contributed by atoms with Gasteiger partial charge in [-0.2, -0.15) is 0 Å². The highest BCUT2D eigenvalue weighted by Crippen LogP contribution is 2.17. The summed E-state index contributed by atoms with van der Waals surface area (Å²) in [5, 5.41) is 9.10. The van der Waals surface area contributed by atoms with E-state index in [0.717, 1.165) is 11.1 Å². The molecule has 0 spiro atoms. The molecule has 1 aliphatic heterocycles. The largest absolute Gasteiger partial charge is 0.481 e. The second-order valence-electron chi connectivity index (χ2n) is 6.48. The van der Waals surface area contributed by atoms with Crippen molar-refractivity contribution in [1.82, 2.24) is 9.80 Å². The monoisotopic (exact) mass is 332 g/mol. The molecule has 1 aromatic carbocycles. The quantitative estimate of drug-likeness (QED) is 0.910. The maximum atomic E-state index is 12.5. The van der Waals surface area contributed by atoms with Gasteiger partial charge in [0.2, 0.25) is 5.91 Å². The number of amides is 2. The van der Waals surface area contributed by atoms with Crippen LogP contribution in [0.4, 0.5) is 0 Å². The van der Waals surface area contributed by atoms with E-state index in [2.05, 4.69) is 0 Å². The Bertz CT molecular complexity index is 656. The van der Waals surface area contributed by atoms with Gasteiger partial charge in [0, 0.05) is 25.7 Å². The fourth-order valence-electron chi connectivity index (χ4n) is 2.87. The van der Waals surface area contributed by atoms with Crippen LogP contribution >= 0.6 is 0 Å². The van der Waals surface area contributed by atoms with Crippen LogP contribution in [0.25, 0.3) is 0 Å². The predicted octanol–water partition coefficient (Wildman–Crippen LogP) is 1.70. The van der Waals surface area contributed by atoms with E-state index < -0.39 is 11.9 Å². The zero-order valence-electron chi connectivity index (χ0n) is 14.4. The molecule has 1 aromatic rings. The number of carbonyl (C=O) groups excluding carboxylic acids is 2. The van der Waals surface area contributed by atoms with Crippen molar-refractivity contribution >= 4 is 17.8 Å². The average molecular weight is 332 g/mol. The summed E-state index contributed by atoms with van der Waals surface area (Å²) in [6, 6.07) is 5.47. The summed E-state index contributed by atoms with van der Waals surface area (Å²) in [6.45, 7) is 4.65. The first-order valence-corrected chi connectivity index (χ1v) is 8.13. The smallest absolute Gasteiger partial charge is 0.308 e. The summed E-state index contributed by atoms with van der Waals surface area (Å²) in [6.07, 6.45) is 1.27. The van der Waals surface area contributed by atoms with Crippen LogP contribution in [0.15, 0.2) is 18.2 Å². The Morgan fingerprint density at radius 3 is 2.58 bits per heavy atom. The van der Waals surface area contributed by atoms with Gasteiger partial charge in [0.1, 0.15) is 0 Å². The van der Waals surface area contributed by atoms with Gasteiger partial charge in [0.25, 0.3) is 5.91 Å².